The van der Waals surface area contributed by atoms with Crippen molar-refractivity contribution in [3.05, 3.63) is 102 Å². The zero-order valence-electron chi connectivity index (χ0n) is 18.1. The van der Waals surface area contributed by atoms with E-state index in [1.54, 1.807) is 7.11 Å². The maximum absolute atomic E-state index is 6.11. The number of hydrogen-bond donors (Lipinski definition) is 0. The quantitative estimate of drug-likeness (QED) is 0.362. The molecule has 3 rings (SSSR count). The highest BCUT2D eigenvalue weighted by Crippen LogP contribution is 2.34. The second-order valence-electron chi connectivity index (χ2n) is 7.12. The van der Waals surface area contributed by atoms with Crippen molar-refractivity contribution in [2.45, 2.75) is 33.1 Å². The average molecular weight is 399 g/mol. The van der Waals surface area contributed by atoms with Gasteiger partial charge in [-0.1, -0.05) is 87.0 Å². The van der Waals surface area contributed by atoms with E-state index >= 15 is 0 Å². The molecule has 0 aliphatic carbocycles. The number of ether oxygens (including phenoxy) is 2. The fourth-order valence-electron chi connectivity index (χ4n) is 3.26. The summed E-state index contributed by atoms with van der Waals surface area (Å²) in [6.07, 6.45) is 9.72. The van der Waals surface area contributed by atoms with Crippen molar-refractivity contribution in [3.63, 3.8) is 0 Å². The molecular weight excluding hydrogens is 368 g/mol. The molecule has 2 heteroatoms. The summed E-state index contributed by atoms with van der Waals surface area (Å²) in [5, 5.41) is 0. The van der Waals surface area contributed by atoms with Gasteiger partial charge in [0.15, 0.2) is 11.5 Å². The molecule has 0 radical (unpaired) electrons. The van der Waals surface area contributed by atoms with E-state index in [0.717, 1.165) is 36.3 Å². The minimum absolute atomic E-state index is 0.712. The molecule has 2 nitrogen and oxygen atoms in total. The van der Waals surface area contributed by atoms with Crippen LogP contribution in [0.15, 0.2) is 84.9 Å². The highest BCUT2D eigenvalue weighted by Gasteiger charge is 2.08. The summed E-state index contributed by atoms with van der Waals surface area (Å²) in [7, 11) is 1.67. The first-order valence-corrected chi connectivity index (χ1v) is 10.6. The van der Waals surface area contributed by atoms with Crippen LogP contribution in [0.5, 0.6) is 17.2 Å². The summed E-state index contributed by atoms with van der Waals surface area (Å²) in [5.41, 5.74) is 4.78. The van der Waals surface area contributed by atoms with E-state index in [1.165, 1.54) is 16.7 Å². The van der Waals surface area contributed by atoms with Gasteiger partial charge in [-0.15, -0.1) is 0 Å². The molecule has 0 unspecified atom stereocenters. The Labute approximate surface area is 180 Å². The van der Waals surface area contributed by atoms with Crippen LogP contribution in [0.4, 0.5) is 0 Å². The summed E-state index contributed by atoms with van der Waals surface area (Å²) in [6, 6.07) is 24.8. The SMILES string of the molecule is CC/C=C/c1ccc(Oc2ccc(/C(=C/CCC)c3ccccc3)cc2)c(OC)c1. The molecule has 0 heterocycles. The van der Waals surface area contributed by atoms with Gasteiger partial charge in [-0.2, -0.15) is 0 Å². The Morgan fingerprint density at radius 3 is 2.23 bits per heavy atom. The van der Waals surface area contributed by atoms with Gasteiger partial charge in [0, 0.05) is 0 Å². The van der Waals surface area contributed by atoms with E-state index in [0.29, 0.717) is 5.75 Å². The molecule has 0 aliphatic heterocycles. The first-order chi connectivity index (χ1) is 14.7. The van der Waals surface area contributed by atoms with Gasteiger partial charge in [0.25, 0.3) is 0 Å². The van der Waals surface area contributed by atoms with E-state index in [9.17, 15) is 0 Å². The van der Waals surface area contributed by atoms with Crippen molar-refractivity contribution in [2.24, 2.45) is 0 Å². The minimum atomic E-state index is 0.712. The third kappa shape index (κ3) is 5.64. The zero-order chi connectivity index (χ0) is 21.2. The van der Waals surface area contributed by atoms with Gasteiger partial charge in [0.05, 0.1) is 7.11 Å². The Hall–Kier alpha value is -3.26. The minimum Gasteiger partial charge on any atom is -0.493 e. The van der Waals surface area contributed by atoms with Crippen LogP contribution in [0, 0.1) is 0 Å². The maximum Gasteiger partial charge on any atom is 0.169 e. The lowest BCUT2D eigenvalue weighted by Crippen LogP contribution is -1.92. The predicted octanol–water partition coefficient (Wildman–Crippen LogP) is 8.14. The van der Waals surface area contributed by atoms with Crippen LogP contribution in [0.2, 0.25) is 0 Å². The molecule has 0 amide bonds. The lowest BCUT2D eigenvalue weighted by atomic mass is 9.96. The monoisotopic (exact) mass is 398 g/mol. The summed E-state index contributed by atoms with van der Waals surface area (Å²) in [6.45, 7) is 4.32. The molecule has 30 heavy (non-hydrogen) atoms. The van der Waals surface area contributed by atoms with Crippen molar-refractivity contribution in [1.29, 1.82) is 0 Å². The van der Waals surface area contributed by atoms with Gasteiger partial charge < -0.3 is 9.47 Å². The Morgan fingerprint density at radius 2 is 1.57 bits per heavy atom. The summed E-state index contributed by atoms with van der Waals surface area (Å²) >= 11 is 0. The number of hydrogen-bond acceptors (Lipinski definition) is 2. The normalized spacial score (nSPS) is 11.6. The van der Waals surface area contributed by atoms with Crippen LogP contribution in [0.1, 0.15) is 49.8 Å². The van der Waals surface area contributed by atoms with E-state index in [-0.39, 0.29) is 0 Å². The molecule has 0 bridgehead atoms. The lowest BCUT2D eigenvalue weighted by molar-refractivity contribution is 0.379. The second-order valence-corrected chi connectivity index (χ2v) is 7.12. The largest absolute Gasteiger partial charge is 0.493 e. The Kier molecular flexibility index (Phi) is 7.91. The number of unbranched alkanes of at least 4 members (excludes halogenated alkanes) is 1. The van der Waals surface area contributed by atoms with E-state index in [1.807, 2.05) is 30.3 Å². The third-order valence-corrected chi connectivity index (χ3v) is 4.85. The van der Waals surface area contributed by atoms with Gasteiger partial charge in [-0.3, -0.25) is 0 Å². The van der Waals surface area contributed by atoms with Crippen LogP contribution in [-0.2, 0) is 0 Å². The highest BCUT2D eigenvalue weighted by molar-refractivity contribution is 5.80. The first kappa shape index (κ1) is 21.4. The molecule has 0 aromatic heterocycles. The number of methoxy groups -OCH3 is 1. The molecular formula is C28H30O2. The maximum atomic E-state index is 6.11. The van der Waals surface area contributed by atoms with Crippen molar-refractivity contribution in [2.75, 3.05) is 7.11 Å². The topological polar surface area (TPSA) is 18.5 Å². The van der Waals surface area contributed by atoms with Gasteiger partial charge in [-0.25, -0.2) is 0 Å². The van der Waals surface area contributed by atoms with Gasteiger partial charge in [0.2, 0.25) is 0 Å². The molecule has 154 valence electrons. The number of benzene rings is 3. The fourth-order valence-corrected chi connectivity index (χ4v) is 3.26. The number of rotatable bonds is 9. The predicted molar refractivity (Wildman–Crippen MR) is 127 cm³/mol. The van der Waals surface area contributed by atoms with Crippen molar-refractivity contribution >= 4 is 11.6 Å². The van der Waals surface area contributed by atoms with Crippen LogP contribution in [-0.4, -0.2) is 7.11 Å². The van der Waals surface area contributed by atoms with E-state index in [4.69, 9.17) is 9.47 Å². The van der Waals surface area contributed by atoms with Crippen LogP contribution in [0.3, 0.4) is 0 Å². The smallest absolute Gasteiger partial charge is 0.169 e. The average Bonchev–Trinajstić information content (AvgIpc) is 2.80. The summed E-state index contributed by atoms with van der Waals surface area (Å²) in [5.74, 6) is 2.23. The van der Waals surface area contributed by atoms with E-state index < -0.39 is 0 Å². The molecule has 3 aromatic carbocycles. The Morgan fingerprint density at radius 1 is 0.833 bits per heavy atom. The Balaban J connectivity index is 1.82. The van der Waals surface area contributed by atoms with Crippen LogP contribution < -0.4 is 9.47 Å². The number of allylic oxidation sites excluding steroid dienone is 2. The van der Waals surface area contributed by atoms with Crippen molar-refractivity contribution < 1.29 is 9.47 Å². The lowest BCUT2D eigenvalue weighted by Gasteiger charge is -2.13. The molecule has 0 fully saturated rings. The van der Waals surface area contributed by atoms with Crippen molar-refractivity contribution in [3.8, 4) is 17.2 Å². The molecule has 0 saturated heterocycles. The van der Waals surface area contributed by atoms with Crippen molar-refractivity contribution in [1.82, 2.24) is 0 Å². The standard InChI is InChI=1S/C28H30O2/c1-4-6-11-22-15-20-27(28(21-22)29-3)30-25-18-16-24(17-19-25)26(14-7-5-2)23-12-9-8-10-13-23/h6,8-21H,4-5,7H2,1-3H3/b11-6+,26-14+. The first-order valence-electron chi connectivity index (χ1n) is 10.6. The summed E-state index contributed by atoms with van der Waals surface area (Å²) in [4.78, 5) is 0. The molecule has 0 spiro atoms. The summed E-state index contributed by atoms with van der Waals surface area (Å²) < 4.78 is 11.6. The second kappa shape index (κ2) is 11.1. The highest BCUT2D eigenvalue weighted by atomic mass is 16.5. The Bertz CT molecular complexity index is 983. The van der Waals surface area contributed by atoms with Gasteiger partial charge in [-0.05, 0) is 59.4 Å². The van der Waals surface area contributed by atoms with Gasteiger partial charge >= 0.3 is 0 Å². The van der Waals surface area contributed by atoms with E-state index in [2.05, 4.69) is 74.5 Å². The third-order valence-electron chi connectivity index (χ3n) is 4.85. The molecule has 0 N–H and O–H groups in total. The molecule has 0 saturated carbocycles. The molecule has 0 atom stereocenters. The fraction of sp³-hybridized carbons (Fsp3) is 0.214. The van der Waals surface area contributed by atoms with Crippen LogP contribution in [0.25, 0.3) is 11.6 Å². The molecule has 3 aromatic rings. The van der Waals surface area contributed by atoms with Gasteiger partial charge in [0.1, 0.15) is 5.75 Å². The van der Waals surface area contributed by atoms with Crippen LogP contribution >= 0.6 is 0 Å². The molecule has 0 aliphatic rings. The zero-order valence-corrected chi connectivity index (χ0v) is 18.1.